The first-order chi connectivity index (χ1) is 9.60. The molecule has 2 atom stereocenters. The lowest BCUT2D eigenvalue weighted by Gasteiger charge is -2.12. The molecule has 1 aromatic rings. The maximum atomic E-state index is 11.4. The van der Waals surface area contributed by atoms with Crippen LogP contribution in [-0.2, 0) is 16.0 Å². The van der Waals surface area contributed by atoms with E-state index in [-0.39, 0.29) is 11.9 Å². The zero-order valence-corrected chi connectivity index (χ0v) is 12.7. The molecule has 2 unspecified atom stereocenters. The molecule has 4 nitrogen and oxygen atoms in total. The van der Waals surface area contributed by atoms with Crippen molar-refractivity contribution in [3.63, 3.8) is 0 Å². The Kier molecular flexibility index (Phi) is 4.76. The molecule has 20 heavy (non-hydrogen) atoms. The summed E-state index contributed by atoms with van der Waals surface area (Å²) >= 11 is 6.14. The summed E-state index contributed by atoms with van der Waals surface area (Å²) in [6.07, 6.45) is 2.67. The summed E-state index contributed by atoms with van der Waals surface area (Å²) in [6, 6.07) is 3.66. The van der Waals surface area contributed by atoms with Crippen LogP contribution in [0.25, 0.3) is 0 Å². The number of carbonyl (C=O) groups excluding carboxylic acids is 1. The van der Waals surface area contributed by atoms with Gasteiger partial charge in [0.15, 0.2) is 0 Å². The molecular weight excluding hydrogens is 280 g/mol. The second-order valence-electron chi connectivity index (χ2n) is 4.96. The fourth-order valence-corrected chi connectivity index (χ4v) is 2.73. The summed E-state index contributed by atoms with van der Waals surface area (Å²) in [6.45, 7) is 0. The number of ether oxygens (including phenoxy) is 3. The standard InChI is InChI=1S/C15H19ClO4/c1-18-13-8-14(19-2)12(16)7-10(13)5-4-9-6-11(9)15(17)20-3/h7-9,11H,4-6H2,1-3H3. The Morgan fingerprint density at radius 1 is 1.25 bits per heavy atom. The molecule has 0 amide bonds. The van der Waals surface area contributed by atoms with E-state index in [1.54, 1.807) is 20.3 Å². The number of esters is 1. The van der Waals surface area contributed by atoms with Gasteiger partial charge in [0.05, 0.1) is 32.3 Å². The molecule has 2 rings (SSSR count). The van der Waals surface area contributed by atoms with Crippen molar-refractivity contribution in [1.29, 1.82) is 0 Å². The molecule has 0 N–H and O–H groups in total. The lowest BCUT2D eigenvalue weighted by Crippen LogP contribution is -2.05. The molecule has 1 saturated carbocycles. The molecule has 1 aliphatic rings. The average molecular weight is 299 g/mol. The predicted molar refractivity (Wildman–Crippen MR) is 76.5 cm³/mol. The summed E-state index contributed by atoms with van der Waals surface area (Å²) in [5, 5.41) is 0.573. The van der Waals surface area contributed by atoms with E-state index in [1.165, 1.54) is 7.11 Å². The number of hydrogen-bond acceptors (Lipinski definition) is 4. The van der Waals surface area contributed by atoms with Gasteiger partial charge in [-0.2, -0.15) is 0 Å². The first kappa shape index (κ1) is 15.0. The summed E-state index contributed by atoms with van der Waals surface area (Å²) < 4.78 is 15.3. The Labute approximate surface area is 124 Å². The van der Waals surface area contributed by atoms with E-state index in [9.17, 15) is 4.79 Å². The van der Waals surface area contributed by atoms with Crippen molar-refractivity contribution in [2.75, 3.05) is 21.3 Å². The number of benzene rings is 1. The minimum atomic E-state index is -0.102. The predicted octanol–water partition coefficient (Wildman–Crippen LogP) is 3.10. The monoisotopic (exact) mass is 298 g/mol. The molecule has 0 aromatic heterocycles. The second-order valence-corrected chi connectivity index (χ2v) is 5.37. The van der Waals surface area contributed by atoms with Gasteiger partial charge >= 0.3 is 5.97 Å². The molecule has 0 spiro atoms. The quantitative estimate of drug-likeness (QED) is 0.757. The lowest BCUT2D eigenvalue weighted by molar-refractivity contribution is -0.142. The van der Waals surface area contributed by atoms with Crippen LogP contribution in [0.1, 0.15) is 18.4 Å². The maximum absolute atomic E-state index is 11.4. The van der Waals surface area contributed by atoms with Crippen LogP contribution in [0.3, 0.4) is 0 Å². The molecule has 1 aliphatic carbocycles. The summed E-state index contributed by atoms with van der Waals surface area (Å²) in [5.41, 5.74) is 1.04. The summed E-state index contributed by atoms with van der Waals surface area (Å²) in [4.78, 5) is 11.4. The Morgan fingerprint density at radius 2 is 1.95 bits per heavy atom. The van der Waals surface area contributed by atoms with Crippen LogP contribution in [0, 0.1) is 11.8 Å². The van der Waals surface area contributed by atoms with Crippen molar-refractivity contribution < 1.29 is 19.0 Å². The second kappa shape index (κ2) is 6.35. The van der Waals surface area contributed by atoms with Crippen LogP contribution in [0.4, 0.5) is 0 Å². The largest absolute Gasteiger partial charge is 0.496 e. The van der Waals surface area contributed by atoms with Crippen LogP contribution in [0.2, 0.25) is 5.02 Å². The SMILES string of the molecule is COC(=O)C1CC1CCc1cc(Cl)c(OC)cc1OC. The minimum Gasteiger partial charge on any atom is -0.496 e. The number of halogens is 1. The molecule has 0 radical (unpaired) electrons. The van der Waals surface area contributed by atoms with Gasteiger partial charge in [-0.05, 0) is 36.8 Å². The lowest BCUT2D eigenvalue weighted by atomic mass is 10.0. The Bertz CT molecular complexity index is 501. The zero-order chi connectivity index (χ0) is 14.7. The highest BCUT2D eigenvalue weighted by molar-refractivity contribution is 6.32. The highest BCUT2D eigenvalue weighted by Crippen LogP contribution is 2.43. The number of methoxy groups -OCH3 is 3. The van der Waals surface area contributed by atoms with Gasteiger partial charge in [-0.15, -0.1) is 0 Å². The third-order valence-corrected chi connectivity index (χ3v) is 4.06. The van der Waals surface area contributed by atoms with E-state index < -0.39 is 0 Å². The van der Waals surface area contributed by atoms with Crippen molar-refractivity contribution >= 4 is 17.6 Å². The third-order valence-electron chi connectivity index (χ3n) is 3.77. The topological polar surface area (TPSA) is 44.8 Å². The van der Waals surface area contributed by atoms with E-state index in [2.05, 4.69) is 0 Å². The van der Waals surface area contributed by atoms with Gasteiger partial charge in [0.2, 0.25) is 0 Å². The molecule has 0 bridgehead atoms. The fourth-order valence-electron chi connectivity index (χ4n) is 2.47. The molecule has 1 aromatic carbocycles. The molecule has 5 heteroatoms. The van der Waals surface area contributed by atoms with E-state index in [4.69, 9.17) is 25.8 Å². The molecule has 0 heterocycles. The van der Waals surface area contributed by atoms with Gasteiger partial charge in [0.25, 0.3) is 0 Å². The van der Waals surface area contributed by atoms with Gasteiger partial charge in [0, 0.05) is 6.07 Å². The first-order valence-electron chi connectivity index (χ1n) is 6.59. The fraction of sp³-hybridized carbons (Fsp3) is 0.533. The van der Waals surface area contributed by atoms with E-state index in [0.717, 1.165) is 30.6 Å². The zero-order valence-electron chi connectivity index (χ0n) is 11.9. The Balaban J connectivity index is 2.00. The maximum Gasteiger partial charge on any atom is 0.308 e. The highest BCUT2D eigenvalue weighted by atomic mass is 35.5. The average Bonchev–Trinajstić information content (AvgIpc) is 3.24. The third kappa shape index (κ3) is 3.18. The van der Waals surface area contributed by atoms with Crippen LogP contribution in [0.15, 0.2) is 12.1 Å². The molecular formula is C15H19ClO4. The van der Waals surface area contributed by atoms with Crippen LogP contribution < -0.4 is 9.47 Å². The number of rotatable bonds is 6. The van der Waals surface area contributed by atoms with Gasteiger partial charge in [0.1, 0.15) is 11.5 Å². The van der Waals surface area contributed by atoms with Gasteiger partial charge in [-0.25, -0.2) is 0 Å². The van der Waals surface area contributed by atoms with Crippen molar-refractivity contribution in [2.24, 2.45) is 11.8 Å². The molecule has 1 fully saturated rings. The van der Waals surface area contributed by atoms with Crippen molar-refractivity contribution in [3.05, 3.63) is 22.7 Å². The normalized spacial score (nSPS) is 20.4. The van der Waals surface area contributed by atoms with E-state index in [1.807, 2.05) is 6.07 Å². The number of hydrogen-bond donors (Lipinski definition) is 0. The van der Waals surface area contributed by atoms with Crippen molar-refractivity contribution in [2.45, 2.75) is 19.3 Å². The smallest absolute Gasteiger partial charge is 0.308 e. The van der Waals surface area contributed by atoms with Gasteiger partial charge in [-0.3, -0.25) is 4.79 Å². The molecule has 0 saturated heterocycles. The number of carbonyl (C=O) groups is 1. The molecule has 0 aliphatic heterocycles. The van der Waals surface area contributed by atoms with Crippen molar-refractivity contribution in [1.82, 2.24) is 0 Å². The summed E-state index contributed by atoms with van der Waals surface area (Å²) in [5.74, 6) is 1.75. The number of aryl methyl sites for hydroxylation is 1. The van der Waals surface area contributed by atoms with E-state index >= 15 is 0 Å². The highest BCUT2D eigenvalue weighted by Gasteiger charge is 2.43. The van der Waals surface area contributed by atoms with Gasteiger partial charge < -0.3 is 14.2 Å². The van der Waals surface area contributed by atoms with Crippen molar-refractivity contribution in [3.8, 4) is 11.5 Å². The molecule has 110 valence electrons. The van der Waals surface area contributed by atoms with Crippen LogP contribution in [-0.4, -0.2) is 27.3 Å². The van der Waals surface area contributed by atoms with Crippen LogP contribution >= 0.6 is 11.6 Å². The first-order valence-corrected chi connectivity index (χ1v) is 6.96. The van der Waals surface area contributed by atoms with Gasteiger partial charge in [-0.1, -0.05) is 11.6 Å². The van der Waals surface area contributed by atoms with E-state index in [0.29, 0.717) is 16.7 Å². The summed E-state index contributed by atoms with van der Waals surface area (Å²) in [7, 11) is 4.63. The Hall–Kier alpha value is -1.42. The minimum absolute atomic E-state index is 0.0692. The van der Waals surface area contributed by atoms with Crippen LogP contribution in [0.5, 0.6) is 11.5 Å². The Morgan fingerprint density at radius 3 is 2.55 bits per heavy atom.